The van der Waals surface area contributed by atoms with Gasteiger partial charge in [-0.1, -0.05) is 23.4 Å². The van der Waals surface area contributed by atoms with Crippen LogP contribution in [-0.4, -0.2) is 47.7 Å². The number of benzene rings is 1. The maximum atomic E-state index is 11.6. The third-order valence-corrected chi connectivity index (χ3v) is 4.43. The fourth-order valence-corrected chi connectivity index (χ4v) is 2.98. The highest BCUT2D eigenvalue weighted by Crippen LogP contribution is 2.27. The van der Waals surface area contributed by atoms with Crippen molar-refractivity contribution >= 4 is 41.3 Å². The van der Waals surface area contributed by atoms with Crippen LogP contribution in [0.3, 0.4) is 0 Å². The second-order valence-corrected chi connectivity index (χ2v) is 6.48. The third-order valence-electron chi connectivity index (χ3n) is 3.12. The Morgan fingerprint density at radius 2 is 2.32 bits per heavy atom. The molecule has 0 fully saturated rings. The summed E-state index contributed by atoms with van der Waals surface area (Å²) in [6, 6.07) is 5.27. The van der Waals surface area contributed by atoms with E-state index in [1.54, 1.807) is 26.2 Å². The Balaban J connectivity index is 1.93. The molecule has 2 rings (SSSR count). The first-order valence-corrected chi connectivity index (χ1v) is 8.74. The van der Waals surface area contributed by atoms with Crippen molar-refractivity contribution in [1.29, 1.82) is 0 Å². The number of hydrogen-bond donors (Lipinski definition) is 2. The van der Waals surface area contributed by atoms with Crippen molar-refractivity contribution in [3.63, 3.8) is 0 Å². The number of halogens is 1. The van der Waals surface area contributed by atoms with Gasteiger partial charge in [-0.15, -0.1) is 0 Å². The number of thioether (sulfide) groups is 1. The number of aromatic nitrogens is 2. The van der Waals surface area contributed by atoms with Gasteiger partial charge in [0.15, 0.2) is 5.16 Å². The van der Waals surface area contributed by atoms with Crippen LogP contribution in [0.25, 0.3) is 0 Å². The summed E-state index contributed by atoms with van der Waals surface area (Å²) >= 11 is 7.28. The van der Waals surface area contributed by atoms with E-state index in [0.717, 1.165) is 12.0 Å². The highest BCUT2D eigenvalue weighted by atomic mass is 35.5. The molecule has 0 aliphatic carbocycles. The molecule has 2 aromatic rings. The minimum atomic E-state index is -0.476. The SMILES string of the molecule is CCOC(=O)c1cnc(SC(C=O)CNc2ccc(OC)c(Cl)c2)[nH]1. The highest BCUT2D eigenvalue weighted by Gasteiger charge is 2.15. The van der Waals surface area contributed by atoms with Crippen molar-refractivity contribution in [3.05, 3.63) is 35.1 Å². The fraction of sp³-hybridized carbons (Fsp3) is 0.312. The molecule has 0 bridgehead atoms. The molecule has 0 spiro atoms. The monoisotopic (exact) mass is 383 g/mol. The summed E-state index contributed by atoms with van der Waals surface area (Å²) < 4.78 is 9.98. The maximum absolute atomic E-state index is 11.6. The van der Waals surface area contributed by atoms with Gasteiger partial charge in [-0.2, -0.15) is 0 Å². The van der Waals surface area contributed by atoms with Crippen molar-refractivity contribution in [1.82, 2.24) is 9.97 Å². The summed E-state index contributed by atoms with van der Waals surface area (Å²) in [5.74, 6) is 0.103. The summed E-state index contributed by atoms with van der Waals surface area (Å²) in [6.07, 6.45) is 2.20. The average molecular weight is 384 g/mol. The summed E-state index contributed by atoms with van der Waals surface area (Å²) in [7, 11) is 1.54. The number of carbonyl (C=O) groups excluding carboxylic acids is 2. The van der Waals surface area contributed by atoms with E-state index in [1.807, 2.05) is 6.07 Å². The normalized spacial score (nSPS) is 11.6. The van der Waals surface area contributed by atoms with E-state index < -0.39 is 11.2 Å². The Morgan fingerprint density at radius 1 is 1.52 bits per heavy atom. The van der Waals surface area contributed by atoms with E-state index >= 15 is 0 Å². The van der Waals surface area contributed by atoms with Crippen LogP contribution < -0.4 is 10.1 Å². The summed E-state index contributed by atoms with van der Waals surface area (Å²) in [5, 5.41) is 3.68. The predicted molar refractivity (Wildman–Crippen MR) is 96.7 cm³/mol. The second kappa shape index (κ2) is 9.33. The number of hydrogen-bond acceptors (Lipinski definition) is 7. The number of rotatable bonds is 9. The summed E-state index contributed by atoms with van der Waals surface area (Å²) in [6.45, 7) is 2.38. The molecule has 7 nitrogen and oxygen atoms in total. The Morgan fingerprint density at radius 3 is 2.96 bits per heavy atom. The van der Waals surface area contributed by atoms with E-state index in [4.69, 9.17) is 21.1 Å². The standard InChI is InChI=1S/C16H18ClN3O4S/c1-3-24-15(22)13-8-19-16(20-13)25-11(9-21)7-18-10-4-5-14(23-2)12(17)6-10/h4-6,8-9,11,18H,3,7H2,1-2H3,(H,19,20). The number of aldehydes is 1. The summed E-state index contributed by atoms with van der Waals surface area (Å²) in [4.78, 5) is 29.8. The molecule has 1 unspecified atom stereocenters. The Labute approximate surface area is 154 Å². The van der Waals surface area contributed by atoms with Crippen LogP contribution in [0.1, 0.15) is 17.4 Å². The van der Waals surface area contributed by atoms with Crippen LogP contribution in [0.4, 0.5) is 5.69 Å². The zero-order valence-electron chi connectivity index (χ0n) is 13.7. The van der Waals surface area contributed by atoms with Gasteiger partial charge in [0.2, 0.25) is 0 Å². The Bertz CT molecular complexity index is 738. The lowest BCUT2D eigenvalue weighted by molar-refractivity contribution is -0.107. The van der Waals surface area contributed by atoms with E-state index in [1.165, 1.54) is 18.0 Å². The first-order chi connectivity index (χ1) is 12.1. The van der Waals surface area contributed by atoms with Crippen molar-refractivity contribution in [2.24, 2.45) is 0 Å². The molecule has 0 amide bonds. The van der Waals surface area contributed by atoms with Crippen LogP contribution in [0.15, 0.2) is 29.6 Å². The van der Waals surface area contributed by atoms with Gasteiger partial charge >= 0.3 is 5.97 Å². The third kappa shape index (κ3) is 5.40. The van der Waals surface area contributed by atoms with Gasteiger partial charge in [0.05, 0.1) is 30.2 Å². The lowest BCUT2D eigenvalue weighted by atomic mass is 10.3. The van der Waals surface area contributed by atoms with Crippen LogP contribution >= 0.6 is 23.4 Å². The van der Waals surface area contributed by atoms with Crippen LogP contribution in [0.5, 0.6) is 5.75 Å². The lowest BCUT2D eigenvalue weighted by Crippen LogP contribution is -2.18. The number of aromatic amines is 1. The number of esters is 1. The second-order valence-electron chi connectivity index (χ2n) is 4.85. The molecule has 0 aliphatic heterocycles. The van der Waals surface area contributed by atoms with Crippen molar-refractivity contribution in [2.75, 3.05) is 25.6 Å². The minimum absolute atomic E-state index is 0.254. The molecule has 134 valence electrons. The van der Waals surface area contributed by atoms with Gasteiger partial charge in [-0.3, -0.25) is 0 Å². The number of H-pyrrole nitrogens is 1. The molecule has 9 heteroatoms. The molecular formula is C16H18ClN3O4S. The van der Waals surface area contributed by atoms with E-state index in [9.17, 15) is 9.59 Å². The number of anilines is 1. The lowest BCUT2D eigenvalue weighted by Gasteiger charge is -2.12. The van der Waals surface area contributed by atoms with E-state index in [2.05, 4.69) is 15.3 Å². The number of nitrogens with one attached hydrogen (secondary N) is 2. The molecule has 0 saturated carbocycles. The fourth-order valence-electron chi connectivity index (χ4n) is 1.93. The molecule has 1 atom stereocenters. The quantitative estimate of drug-likeness (QED) is 0.390. The molecule has 1 aromatic carbocycles. The van der Waals surface area contributed by atoms with Crippen LogP contribution in [-0.2, 0) is 9.53 Å². The van der Waals surface area contributed by atoms with Crippen molar-refractivity contribution < 1.29 is 19.1 Å². The average Bonchev–Trinajstić information content (AvgIpc) is 3.07. The molecule has 25 heavy (non-hydrogen) atoms. The molecule has 1 aromatic heterocycles. The number of imidazole rings is 1. The molecule has 0 saturated heterocycles. The molecule has 2 N–H and O–H groups in total. The minimum Gasteiger partial charge on any atom is -0.495 e. The molecule has 0 radical (unpaired) electrons. The van der Waals surface area contributed by atoms with Crippen molar-refractivity contribution in [2.45, 2.75) is 17.3 Å². The van der Waals surface area contributed by atoms with Gasteiger partial charge < -0.3 is 24.6 Å². The molecule has 1 heterocycles. The van der Waals surface area contributed by atoms with Crippen LogP contribution in [0.2, 0.25) is 5.02 Å². The first-order valence-electron chi connectivity index (χ1n) is 7.48. The zero-order valence-corrected chi connectivity index (χ0v) is 15.3. The Kier molecular flexibility index (Phi) is 7.15. The van der Waals surface area contributed by atoms with Crippen molar-refractivity contribution in [3.8, 4) is 5.75 Å². The van der Waals surface area contributed by atoms with Gasteiger partial charge in [0.1, 0.15) is 17.7 Å². The van der Waals surface area contributed by atoms with Gasteiger partial charge in [0.25, 0.3) is 0 Å². The van der Waals surface area contributed by atoms with Gasteiger partial charge in [-0.05, 0) is 25.1 Å². The molecule has 0 aliphatic rings. The maximum Gasteiger partial charge on any atom is 0.356 e. The van der Waals surface area contributed by atoms with Gasteiger partial charge in [0, 0.05) is 12.2 Å². The van der Waals surface area contributed by atoms with Gasteiger partial charge in [-0.25, -0.2) is 9.78 Å². The molecular weight excluding hydrogens is 366 g/mol. The van der Waals surface area contributed by atoms with E-state index in [0.29, 0.717) is 22.5 Å². The predicted octanol–water partition coefficient (Wildman–Crippen LogP) is 3.02. The zero-order chi connectivity index (χ0) is 18.2. The van der Waals surface area contributed by atoms with E-state index in [-0.39, 0.29) is 12.3 Å². The number of methoxy groups -OCH3 is 1. The number of nitrogens with zero attached hydrogens (tertiary/aromatic N) is 1. The number of ether oxygens (including phenoxy) is 2. The number of carbonyl (C=O) groups is 2. The summed E-state index contributed by atoms with van der Waals surface area (Å²) in [5.41, 5.74) is 1.02. The smallest absolute Gasteiger partial charge is 0.356 e. The first kappa shape index (κ1) is 19.1. The highest BCUT2D eigenvalue weighted by molar-refractivity contribution is 8.00. The van der Waals surface area contributed by atoms with Crippen LogP contribution in [0, 0.1) is 0 Å². The topological polar surface area (TPSA) is 93.3 Å². The Hall–Kier alpha value is -2.19. The largest absolute Gasteiger partial charge is 0.495 e.